The molecule has 4 aromatic rings. The lowest BCUT2D eigenvalue weighted by atomic mass is 10.0. The number of hydrogen-bond acceptors (Lipinski definition) is 8. The van der Waals surface area contributed by atoms with Gasteiger partial charge in [-0.2, -0.15) is 5.10 Å². The smallest absolute Gasteiger partial charge is 0.234 e. The fourth-order valence-corrected chi connectivity index (χ4v) is 6.20. The van der Waals surface area contributed by atoms with E-state index in [1.807, 2.05) is 71.6 Å². The number of H-pyrrole nitrogens is 1. The van der Waals surface area contributed by atoms with Crippen LogP contribution in [-0.2, 0) is 38.6 Å². The van der Waals surface area contributed by atoms with E-state index in [1.165, 1.54) is 0 Å². The zero-order chi connectivity index (χ0) is 31.9. The van der Waals surface area contributed by atoms with Gasteiger partial charge in [0.1, 0.15) is 5.75 Å². The Morgan fingerprint density at radius 3 is 2.80 bits per heavy atom. The zero-order valence-corrected chi connectivity index (χ0v) is 26.4. The molecule has 2 atom stereocenters. The number of piperidine rings is 1. The quantitative estimate of drug-likeness (QED) is 0.295. The summed E-state index contributed by atoms with van der Waals surface area (Å²) in [6.07, 6.45) is 1.30. The Kier molecular flexibility index (Phi) is 10.1. The van der Waals surface area contributed by atoms with Gasteiger partial charge in [0.2, 0.25) is 11.8 Å². The van der Waals surface area contributed by atoms with Gasteiger partial charge < -0.3 is 29.2 Å². The van der Waals surface area contributed by atoms with Gasteiger partial charge in [0.25, 0.3) is 0 Å². The number of likely N-dealkylation sites (tertiary alicyclic amines) is 1. The summed E-state index contributed by atoms with van der Waals surface area (Å²) in [6.45, 7) is 3.19. The standard InChI is InChI=1S/C35H41N5O6/c1-43-16-6-14-39-20-24-11-12-32(44-2)33(18-24)46-26-8-5-7-25(17-26)23-45-31-13-15-40(21-30(31)36-34(41)22-39)35(42)19-29-27-9-3-4-10-28(27)37-38-29/h3-5,7-12,17-18,30-31H,6,13-16,19-23H2,1-2H3,(H,36,41)(H,37,38)/t30-,31+/m0/s1. The topological polar surface area (TPSA) is 118 Å². The van der Waals surface area contributed by atoms with Crippen LogP contribution >= 0.6 is 0 Å². The predicted octanol–water partition coefficient (Wildman–Crippen LogP) is 4.06. The van der Waals surface area contributed by atoms with Crippen LogP contribution in [0.25, 0.3) is 10.9 Å². The monoisotopic (exact) mass is 627 g/mol. The Bertz CT molecular complexity index is 1660. The van der Waals surface area contributed by atoms with Crippen molar-refractivity contribution in [2.45, 2.75) is 44.6 Å². The molecule has 11 nitrogen and oxygen atoms in total. The van der Waals surface area contributed by atoms with Crippen LogP contribution in [0.3, 0.4) is 0 Å². The summed E-state index contributed by atoms with van der Waals surface area (Å²) < 4.78 is 23.6. The molecule has 242 valence electrons. The van der Waals surface area contributed by atoms with Gasteiger partial charge in [-0.05, 0) is 54.3 Å². The minimum absolute atomic E-state index is 0.0180. The number of aromatic amines is 1. The average Bonchev–Trinajstić information content (AvgIpc) is 3.46. The molecule has 0 radical (unpaired) electrons. The van der Waals surface area contributed by atoms with Gasteiger partial charge in [-0.15, -0.1) is 0 Å². The lowest BCUT2D eigenvalue weighted by Crippen LogP contribution is -2.58. The molecular weight excluding hydrogens is 586 g/mol. The molecule has 6 rings (SSSR count). The molecule has 0 aliphatic carbocycles. The second-order valence-electron chi connectivity index (χ2n) is 11.8. The number of methoxy groups -OCH3 is 2. The fourth-order valence-electron chi connectivity index (χ4n) is 6.20. The van der Waals surface area contributed by atoms with Gasteiger partial charge in [-0.1, -0.05) is 36.4 Å². The normalized spacial score (nSPS) is 19.3. The van der Waals surface area contributed by atoms with E-state index in [0.717, 1.165) is 34.1 Å². The fraction of sp³-hybridized carbons (Fsp3) is 0.400. The highest BCUT2D eigenvalue weighted by Gasteiger charge is 2.34. The first-order valence-electron chi connectivity index (χ1n) is 15.7. The SMILES string of the molecule is COCCCN1CC(=O)N[C@H]2CN(C(=O)Cc3[nH]nc4ccccc34)CC[C@H]2OCc2cccc(c2)Oc2cc(ccc2OC)C1. The predicted molar refractivity (Wildman–Crippen MR) is 173 cm³/mol. The molecule has 2 N–H and O–H groups in total. The number of benzene rings is 3. The molecule has 1 fully saturated rings. The molecule has 2 aliphatic rings. The van der Waals surface area contributed by atoms with Crippen LogP contribution in [0, 0.1) is 0 Å². The lowest BCUT2D eigenvalue weighted by Gasteiger charge is -2.39. The molecule has 46 heavy (non-hydrogen) atoms. The number of nitrogens with zero attached hydrogens (tertiary/aromatic N) is 3. The van der Waals surface area contributed by atoms with Crippen molar-refractivity contribution in [1.29, 1.82) is 0 Å². The number of nitrogens with one attached hydrogen (secondary N) is 2. The Hall–Kier alpha value is -4.45. The van der Waals surface area contributed by atoms with Crippen LogP contribution in [0.4, 0.5) is 0 Å². The van der Waals surface area contributed by atoms with Gasteiger partial charge in [0.15, 0.2) is 11.5 Å². The minimum atomic E-state index is -0.371. The number of amides is 2. The Morgan fingerprint density at radius 1 is 1.04 bits per heavy atom. The van der Waals surface area contributed by atoms with Gasteiger partial charge in [-0.3, -0.25) is 19.6 Å². The largest absolute Gasteiger partial charge is 0.493 e. The third kappa shape index (κ3) is 7.67. The molecule has 3 aromatic carbocycles. The van der Waals surface area contributed by atoms with E-state index >= 15 is 0 Å². The van der Waals surface area contributed by atoms with Gasteiger partial charge in [0.05, 0.1) is 50.0 Å². The lowest BCUT2D eigenvalue weighted by molar-refractivity contribution is -0.137. The minimum Gasteiger partial charge on any atom is -0.493 e. The first-order valence-corrected chi connectivity index (χ1v) is 15.7. The van der Waals surface area contributed by atoms with Crippen molar-refractivity contribution < 1.29 is 28.5 Å². The van der Waals surface area contributed by atoms with Gasteiger partial charge >= 0.3 is 0 Å². The first-order chi connectivity index (χ1) is 22.5. The molecule has 1 saturated heterocycles. The van der Waals surface area contributed by atoms with E-state index in [9.17, 15) is 9.59 Å². The van der Waals surface area contributed by atoms with Gasteiger partial charge in [0, 0.05) is 45.3 Å². The van der Waals surface area contributed by atoms with E-state index in [4.69, 9.17) is 18.9 Å². The molecule has 11 heteroatoms. The Labute approximate surface area is 268 Å². The maximum atomic E-state index is 13.6. The summed E-state index contributed by atoms with van der Waals surface area (Å²) in [4.78, 5) is 31.1. The summed E-state index contributed by atoms with van der Waals surface area (Å²) >= 11 is 0. The van der Waals surface area contributed by atoms with Crippen molar-refractivity contribution in [3.63, 3.8) is 0 Å². The van der Waals surface area contributed by atoms with Crippen molar-refractivity contribution in [3.8, 4) is 17.2 Å². The number of para-hydroxylation sites is 1. The van der Waals surface area contributed by atoms with E-state index in [2.05, 4.69) is 20.4 Å². The van der Waals surface area contributed by atoms with Crippen molar-refractivity contribution in [3.05, 3.63) is 83.6 Å². The number of rotatable bonds is 7. The van der Waals surface area contributed by atoms with E-state index < -0.39 is 0 Å². The summed E-state index contributed by atoms with van der Waals surface area (Å²) in [5.74, 6) is 1.77. The van der Waals surface area contributed by atoms with Crippen LogP contribution in [-0.4, -0.2) is 91.0 Å². The van der Waals surface area contributed by atoms with Gasteiger partial charge in [-0.25, -0.2) is 0 Å². The Morgan fingerprint density at radius 2 is 1.93 bits per heavy atom. The van der Waals surface area contributed by atoms with Crippen LogP contribution < -0.4 is 14.8 Å². The average molecular weight is 628 g/mol. The van der Waals surface area contributed by atoms with Crippen molar-refractivity contribution in [2.75, 3.05) is 47.0 Å². The van der Waals surface area contributed by atoms with E-state index in [0.29, 0.717) is 63.1 Å². The molecule has 0 saturated carbocycles. The maximum Gasteiger partial charge on any atom is 0.234 e. The third-order valence-electron chi connectivity index (χ3n) is 8.53. The van der Waals surface area contributed by atoms with Crippen molar-refractivity contribution in [1.82, 2.24) is 25.3 Å². The Balaban J connectivity index is 1.23. The van der Waals surface area contributed by atoms with E-state index in [1.54, 1.807) is 14.2 Å². The molecule has 4 bridgehead atoms. The molecule has 2 amide bonds. The number of fused-ring (bicyclic) bond motifs is 6. The third-order valence-corrected chi connectivity index (χ3v) is 8.53. The molecule has 3 heterocycles. The van der Waals surface area contributed by atoms with Crippen molar-refractivity contribution in [2.24, 2.45) is 0 Å². The molecule has 1 aromatic heterocycles. The zero-order valence-electron chi connectivity index (χ0n) is 26.4. The highest BCUT2D eigenvalue weighted by atomic mass is 16.5. The van der Waals surface area contributed by atoms with Crippen LogP contribution in [0.2, 0.25) is 0 Å². The van der Waals surface area contributed by atoms with Crippen molar-refractivity contribution >= 4 is 22.7 Å². The summed E-state index contributed by atoms with van der Waals surface area (Å²) in [6, 6.07) is 21.0. The number of carbonyl (C=O) groups is 2. The van der Waals surface area contributed by atoms with Crippen LogP contribution in [0.1, 0.15) is 29.7 Å². The number of ether oxygens (including phenoxy) is 4. The molecule has 2 aliphatic heterocycles. The van der Waals surface area contributed by atoms with E-state index in [-0.39, 0.29) is 36.9 Å². The summed E-state index contributed by atoms with van der Waals surface area (Å²) in [7, 11) is 3.29. The van der Waals surface area contributed by atoms with Crippen LogP contribution in [0.15, 0.2) is 66.7 Å². The summed E-state index contributed by atoms with van der Waals surface area (Å²) in [5.41, 5.74) is 3.55. The molecule has 0 spiro atoms. The summed E-state index contributed by atoms with van der Waals surface area (Å²) in [5, 5.41) is 11.5. The highest BCUT2D eigenvalue weighted by Crippen LogP contribution is 2.33. The highest BCUT2D eigenvalue weighted by molar-refractivity contribution is 5.87. The van der Waals surface area contributed by atoms with Crippen LogP contribution in [0.5, 0.6) is 17.2 Å². The maximum absolute atomic E-state index is 13.6. The second kappa shape index (κ2) is 14.8. The molecule has 0 unspecified atom stereocenters. The number of carbonyl (C=O) groups excluding carboxylic acids is 2. The molecular formula is C35H41N5O6. The second-order valence-corrected chi connectivity index (χ2v) is 11.8. The number of hydrogen-bond donors (Lipinski definition) is 2. The first kappa shape index (κ1) is 31.5. The number of aromatic nitrogens is 2.